The summed E-state index contributed by atoms with van der Waals surface area (Å²) in [5.74, 6) is -0.146. The minimum absolute atomic E-state index is 0.146. The average molecular weight is 369 g/mol. The maximum Gasteiger partial charge on any atom is 0.325 e. The van der Waals surface area contributed by atoms with E-state index in [9.17, 15) is 9.59 Å². The van der Waals surface area contributed by atoms with Crippen LogP contribution in [0.4, 0.5) is 15.6 Å². The number of carbonyl (C=O) groups is 2. The van der Waals surface area contributed by atoms with Crippen molar-refractivity contribution in [1.82, 2.24) is 10.3 Å². The van der Waals surface area contributed by atoms with Gasteiger partial charge >= 0.3 is 6.03 Å². The summed E-state index contributed by atoms with van der Waals surface area (Å²) in [5, 5.41) is 10.7. The summed E-state index contributed by atoms with van der Waals surface area (Å²) >= 11 is 7.11. The van der Waals surface area contributed by atoms with Crippen LogP contribution in [0.5, 0.6) is 0 Å². The van der Waals surface area contributed by atoms with E-state index in [1.54, 1.807) is 36.8 Å². The van der Waals surface area contributed by atoms with Gasteiger partial charge in [0.1, 0.15) is 0 Å². The van der Waals surface area contributed by atoms with E-state index in [1.165, 1.54) is 11.3 Å². The molecule has 2 rings (SSSR count). The van der Waals surface area contributed by atoms with Crippen LogP contribution >= 0.6 is 22.9 Å². The number of methoxy groups -OCH3 is 1. The fourth-order valence-electron chi connectivity index (χ4n) is 1.79. The van der Waals surface area contributed by atoms with Gasteiger partial charge in [0, 0.05) is 29.7 Å². The summed E-state index contributed by atoms with van der Waals surface area (Å²) < 4.78 is 4.86. The topological polar surface area (TPSA) is 92.4 Å². The lowest BCUT2D eigenvalue weighted by atomic mass is 10.3. The summed E-state index contributed by atoms with van der Waals surface area (Å²) in [6.07, 6.45) is 0.151. The fourth-order valence-corrected chi connectivity index (χ4v) is 2.69. The fraction of sp³-hybridized carbons (Fsp3) is 0.267. The first-order chi connectivity index (χ1) is 11.6. The lowest BCUT2D eigenvalue weighted by molar-refractivity contribution is -0.120. The third-order valence-electron chi connectivity index (χ3n) is 2.82. The molecule has 0 aliphatic rings. The van der Waals surface area contributed by atoms with Gasteiger partial charge in [-0.2, -0.15) is 0 Å². The second-order valence-corrected chi connectivity index (χ2v) is 6.05. The number of halogens is 1. The largest absolute Gasteiger partial charge is 0.383 e. The second kappa shape index (κ2) is 9.21. The predicted molar refractivity (Wildman–Crippen MR) is 94.8 cm³/mol. The van der Waals surface area contributed by atoms with Gasteiger partial charge in [-0.05, 0) is 18.2 Å². The quantitative estimate of drug-likeness (QED) is 0.655. The van der Waals surface area contributed by atoms with Gasteiger partial charge in [0.2, 0.25) is 5.91 Å². The van der Waals surface area contributed by atoms with Crippen LogP contribution in [0.2, 0.25) is 5.02 Å². The molecule has 2 aromatic rings. The molecule has 128 valence electrons. The van der Waals surface area contributed by atoms with Crippen LogP contribution in [-0.4, -0.2) is 37.2 Å². The van der Waals surface area contributed by atoms with E-state index < -0.39 is 6.03 Å². The van der Waals surface area contributed by atoms with Crippen LogP contribution in [0.3, 0.4) is 0 Å². The number of nitrogens with zero attached hydrogens (tertiary/aromatic N) is 1. The van der Waals surface area contributed by atoms with Crippen molar-refractivity contribution in [3.05, 3.63) is 40.4 Å². The second-order valence-electron chi connectivity index (χ2n) is 4.75. The Morgan fingerprint density at radius 3 is 2.92 bits per heavy atom. The first-order valence-corrected chi connectivity index (χ1v) is 8.36. The summed E-state index contributed by atoms with van der Waals surface area (Å²) in [4.78, 5) is 27.8. The number of ether oxygens (including phenoxy) is 1. The van der Waals surface area contributed by atoms with Gasteiger partial charge in [-0.25, -0.2) is 9.78 Å². The molecular weight excluding hydrogens is 352 g/mol. The number of nitrogens with one attached hydrogen (secondary N) is 3. The lowest BCUT2D eigenvalue weighted by Crippen LogP contribution is -2.28. The first-order valence-electron chi connectivity index (χ1n) is 7.10. The van der Waals surface area contributed by atoms with Gasteiger partial charge in [-0.1, -0.05) is 17.7 Å². The number of thiazole rings is 1. The van der Waals surface area contributed by atoms with Gasteiger partial charge in [0.15, 0.2) is 5.13 Å². The molecule has 0 bridgehead atoms. The molecule has 3 amide bonds. The minimum atomic E-state index is -0.428. The van der Waals surface area contributed by atoms with Crippen LogP contribution in [-0.2, 0) is 16.0 Å². The molecule has 1 aromatic heterocycles. The number of hydrogen-bond acceptors (Lipinski definition) is 5. The first kappa shape index (κ1) is 18.2. The van der Waals surface area contributed by atoms with Crippen LogP contribution in [0.1, 0.15) is 5.69 Å². The highest BCUT2D eigenvalue weighted by molar-refractivity contribution is 7.14. The molecule has 7 nitrogen and oxygen atoms in total. The maximum atomic E-state index is 11.9. The number of anilines is 2. The Hall–Kier alpha value is -2.16. The number of hydrogen-bond donors (Lipinski definition) is 3. The van der Waals surface area contributed by atoms with Gasteiger partial charge in [-0.3, -0.25) is 10.1 Å². The predicted octanol–water partition coefficient (Wildman–Crippen LogP) is 2.75. The van der Waals surface area contributed by atoms with Crippen molar-refractivity contribution >= 4 is 45.7 Å². The van der Waals surface area contributed by atoms with Crippen molar-refractivity contribution in [3.63, 3.8) is 0 Å². The van der Waals surface area contributed by atoms with E-state index in [0.29, 0.717) is 34.7 Å². The maximum absolute atomic E-state index is 11.9. The Kier molecular flexibility index (Phi) is 6.98. The van der Waals surface area contributed by atoms with Crippen LogP contribution in [0.15, 0.2) is 29.6 Å². The molecule has 0 aliphatic carbocycles. The van der Waals surface area contributed by atoms with Crippen molar-refractivity contribution < 1.29 is 14.3 Å². The number of benzene rings is 1. The summed E-state index contributed by atoms with van der Waals surface area (Å²) in [7, 11) is 1.57. The zero-order chi connectivity index (χ0) is 17.4. The summed E-state index contributed by atoms with van der Waals surface area (Å²) in [5.41, 5.74) is 1.17. The van der Waals surface area contributed by atoms with Gasteiger partial charge < -0.3 is 15.4 Å². The molecule has 0 unspecified atom stereocenters. The van der Waals surface area contributed by atoms with Crippen molar-refractivity contribution in [2.45, 2.75) is 6.42 Å². The molecule has 0 aliphatic heterocycles. The molecule has 24 heavy (non-hydrogen) atoms. The Labute approximate surface area is 148 Å². The van der Waals surface area contributed by atoms with Crippen molar-refractivity contribution in [2.24, 2.45) is 0 Å². The van der Waals surface area contributed by atoms with E-state index in [-0.39, 0.29) is 12.3 Å². The number of carbonyl (C=O) groups excluding carboxylic acids is 2. The number of rotatable bonds is 7. The van der Waals surface area contributed by atoms with Crippen LogP contribution in [0, 0.1) is 0 Å². The van der Waals surface area contributed by atoms with Gasteiger partial charge in [0.05, 0.1) is 18.7 Å². The molecule has 9 heteroatoms. The summed E-state index contributed by atoms with van der Waals surface area (Å²) in [6, 6.07) is 6.39. The van der Waals surface area contributed by atoms with Gasteiger partial charge in [-0.15, -0.1) is 11.3 Å². The number of urea groups is 1. The van der Waals surface area contributed by atoms with Crippen molar-refractivity contribution in [3.8, 4) is 0 Å². The Morgan fingerprint density at radius 2 is 2.17 bits per heavy atom. The molecule has 0 fully saturated rings. The molecule has 0 saturated heterocycles. The zero-order valence-corrected chi connectivity index (χ0v) is 14.5. The minimum Gasteiger partial charge on any atom is -0.383 e. The zero-order valence-electron chi connectivity index (χ0n) is 13.0. The third-order valence-corrected chi connectivity index (χ3v) is 3.87. The van der Waals surface area contributed by atoms with E-state index in [2.05, 4.69) is 20.9 Å². The van der Waals surface area contributed by atoms with E-state index in [0.717, 1.165) is 0 Å². The molecular formula is C15H17ClN4O3S. The number of aromatic nitrogens is 1. The highest BCUT2D eigenvalue weighted by atomic mass is 35.5. The van der Waals surface area contributed by atoms with Crippen molar-refractivity contribution in [1.29, 1.82) is 0 Å². The molecule has 1 aromatic carbocycles. The summed E-state index contributed by atoms with van der Waals surface area (Å²) in [6.45, 7) is 0.909. The Balaban J connectivity index is 1.82. The Morgan fingerprint density at radius 1 is 1.33 bits per heavy atom. The van der Waals surface area contributed by atoms with Crippen LogP contribution in [0.25, 0.3) is 0 Å². The molecule has 1 heterocycles. The molecule has 0 spiro atoms. The monoisotopic (exact) mass is 368 g/mol. The van der Waals surface area contributed by atoms with Crippen molar-refractivity contribution in [2.75, 3.05) is 30.9 Å². The SMILES string of the molecule is COCCNC(=O)Cc1csc(NC(=O)Nc2cccc(Cl)c2)n1. The highest BCUT2D eigenvalue weighted by Crippen LogP contribution is 2.18. The molecule has 3 N–H and O–H groups in total. The standard InChI is InChI=1S/C15H17ClN4O3S/c1-23-6-5-17-13(21)8-12-9-24-15(19-12)20-14(22)18-11-4-2-3-10(16)7-11/h2-4,7,9H,5-6,8H2,1H3,(H,17,21)(H2,18,19,20,22). The van der Waals surface area contributed by atoms with Crippen LogP contribution < -0.4 is 16.0 Å². The van der Waals surface area contributed by atoms with Gasteiger partial charge in [0.25, 0.3) is 0 Å². The molecule has 0 radical (unpaired) electrons. The lowest BCUT2D eigenvalue weighted by Gasteiger charge is -2.05. The highest BCUT2D eigenvalue weighted by Gasteiger charge is 2.10. The Bertz CT molecular complexity index is 708. The third kappa shape index (κ3) is 6.15. The molecule has 0 atom stereocenters. The van der Waals surface area contributed by atoms with E-state index >= 15 is 0 Å². The average Bonchev–Trinajstić information content (AvgIpc) is 2.94. The van der Waals surface area contributed by atoms with E-state index in [1.807, 2.05) is 0 Å². The van der Waals surface area contributed by atoms with E-state index in [4.69, 9.17) is 16.3 Å². The smallest absolute Gasteiger partial charge is 0.325 e. The molecule has 0 saturated carbocycles. The normalized spacial score (nSPS) is 10.2. The number of amides is 3.